The van der Waals surface area contributed by atoms with Crippen LogP contribution in [0.2, 0.25) is 0 Å². The van der Waals surface area contributed by atoms with E-state index in [9.17, 15) is 4.79 Å². The van der Waals surface area contributed by atoms with Gasteiger partial charge in [-0.25, -0.2) is 0 Å². The fourth-order valence-electron chi connectivity index (χ4n) is 0.710. The van der Waals surface area contributed by atoms with Crippen molar-refractivity contribution in [2.75, 3.05) is 12.8 Å². The Kier molecular flexibility index (Phi) is 2.31. The molecular formula is C7H7N3OS. The van der Waals surface area contributed by atoms with E-state index in [1.807, 2.05) is 0 Å². The highest BCUT2D eigenvalue weighted by atomic mass is 32.1. The smallest absolute Gasteiger partial charge is 0.264 e. The number of rotatable bonds is 1. The lowest BCUT2D eigenvalue weighted by Crippen LogP contribution is -2.17. The quantitative estimate of drug-likeness (QED) is 0.602. The number of hydrogen-bond donors (Lipinski definition) is 2. The van der Waals surface area contributed by atoms with Gasteiger partial charge in [-0.2, -0.15) is 4.37 Å². The second-order valence-corrected chi connectivity index (χ2v) is 2.77. The van der Waals surface area contributed by atoms with Crippen LogP contribution in [-0.2, 0) is 0 Å². The van der Waals surface area contributed by atoms with Gasteiger partial charge >= 0.3 is 0 Å². The van der Waals surface area contributed by atoms with E-state index in [1.54, 1.807) is 0 Å². The summed E-state index contributed by atoms with van der Waals surface area (Å²) in [6.07, 6.45) is 5.15. The third kappa shape index (κ3) is 1.24. The van der Waals surface area contributed by atoms with Crippen molar-refractivity contribution in [1.82, 2.24) is 9.69 Å². The van der Waals surface area contributed by atoms with Crippen molar-refractivity contribution in [2.24, 2.45) is 0 Å². The largest absolute Gasteiger partial charge is 0.382 e. The lowest BCUT2D eigenvalue weighted by atomic mass is 10.2. The maximum Gasteiger partial charge on any atom is 0.264 e. The van der Waals surface area contributed by atoms with E-state index in [0.29, 0.717) is 10.4 Å². The van der Waals surface area contributed by atoms with E-state index >= 15 is 0 Å². The number of hydrogen-bond acceptors (Lipinski definition) is 4. The van der Waals surface area contributed by atoms with Crippen molar-refractivity contribution in [3.05, 3.63) is 10.4 Å². The molecule has 0 saturated carbocycles. The van der Waals surface area contributed by atoms with Gasteiger partial charge in [0.15, 0.2) is 5.82 Å². The standard InChI is InChI=1S/C7H7N3OS/c1-3-4-5(7(11)9-2)12-10-6(4)8/h1H,2H3,(H2,8,10)(H,9,11). The predicted octanol–water partition coefficient (Wildman–Crippen LogP) is 0.0662. The Balaban J connectivity index is 3.18. The van der Waals surface area contributed by atoms with Crippen LogP contribution < -0.4 is 11.1 Å². The third-order valence-corrected chi connectivity index (χ3v) is 2.16. The first-order chi connectivity index (χ1) is 5.70. The Hall–Kier alpha value is -1.54. The molecule has 0 aliphatic rings. The van der Waals surface area contributed by atoms with Gasteiger partial charge in [0.2, 0.25) is 0 Å². The molecule has 0 radical (unpaired) electrons. The monoisotopic (exact) mass is 181 g/mol. The molecule has 12 heavy (non-hydrogen) atoms. The molecule has 3 N–H and O–H groups in total. The topological polar surface area (TPSA) is 68.0 Å². The van der Waals surface area contributed by atoms with Crippen molar-refractivity contribution in [2.45, 2.75) is 0 Å². The van der Waals surface area contributed by atoms with Crippen LogP contribution in [0.15, 0.2) is 0 Å². The van der Waals surface area contributed by atoms with Gasteiger partial charge in [-0.1, -0.05) is 5.92 Å². The van der Waals surface area contributed by atoms with Gasteiger partial charge in [-0.15, -0.1) is 6.42 Å². The second-order valence-electron chi connectivity index (χ2n) is 2.00. The zero-order chi connectivity index (χ0) is 9.14. The minimum absolute atomic E-state index is 0.237. The highest BCUT2D eigenvalue weighted by Gasteiger charge is 2.14. The van der Waals surface area contributed by atoms with E-state index in [1.165, 1.54) is 7.05 Å². The Morgan fingerprint density at radius 1 is 1.83 bits per heavy atom. The first-order valence-electron chi connectivity index (χ1n) is 3.14. The molecule has 0 saturated heterocycles. The highest BCUT2D eigenvalue weighted by molar-refractivity contribution is 7.08. The summed E-state index contributed by atoms with van der Waals surface area (Å²) < 4.78 is 3.77. The van der Waals surface area contributed by atoms with Gasteiger partial charge in [-0.3, -0.25) is 4.79 Å². The second kappa shape index (κ2) is 3.24. The summed E-state index contributed by atoms with van der Waals surface area (Å²) in [5.41, 5.74) is 5.80. The third-order valence-electron chi connectivity index (χ3n) is 1.30. The van der Waals surface area contributed by atoms with Crippen molar-refractivity contribution in [3.8, 4) is 12.3 Å². The molecule has 0 aliphatic carbocycles. The van der Waals surface area contributed by atoms with Gasteiger partial charge in [0.25, 0.3) is 5.91 Å². The Morgan fingerprint density at radius 2 is 2.50 bits per heavy atom. The number of terminal acetylenes is 1. The zero-order valence-corrected chi connectivity index (χ0v) is 7.23. The fourth-order valence-corrected chi connectivity index (χ4v) is 1.43. The van der Waals surface area contributed by atoms with E-state index in [2.05, 4.69) is 15.6 Å². The highest BCUT2D eigenvalue weighted by Crippen LogP contribution is 2.19. The van der Waals surface area contributed by atoms with Gasteiger partial charge in [0, 0.05) is 7.05 Å². The van der Waals surface area contributed by atoms with E-state index in [0.717, 1.165) is 11.5 Å². The van der Waals surface area contributed by atoms with Crippen LogP contribution in [0.25, 0.3) is 0 Å². The summed E-state index contributed by atoms with van der Waals surface area (Å²) in [6, 6.07) is 0. The molecule has 0 fully saturated rings. The number of nitrogens with zero attached hydrogens (tertiary/aromatic N) is 1. The summed E-state index contributed by atoms with van der Waals surface area (Å²) in [7, 11) is 1.53. The summed E-state index contributed by atoms with van der Waals surface area (Å²) in [4.78, 5) is 11.5. The molecule has 1 aromatic heterocycles. The number of nitrogens with one attached hydrogen (secondary N) is 1. The molecule has 1 aromatic rings. The number of carbonyl (C=O) groups excluding carboxylic acids is 1. The van der Waals surface area contributed by atoms with Gasteiger partial charge in [-0.05, 0) is 11.5 Å². The number of amides is 1. The fraction of sp³-hybridized carbons (Fsp3) is 0.143. The normalized spacial score (nSPS) is 9.00. The summed E-state index contributed by atoms with van der Waals surface area (Å²) in [6.45, 7) is 0. The Morgan fingerprint density at radius 3 is 3.00 bits per heavy atom. The number of carbonyl (C=O) groups is 1. The van der Waals surface area contributed by atoms with Crippen LogP contribution in [0, 0.1) is 12.3 Å². The van der Waals surface area contributed by atoms with Crippen LogP contribution in [-0.4, -0.2) is 17.3 Å². The lowest BCUT2D eigenvalue weighted by molar-refractivity contribution is 0.0967. The van der Waals surface area contributed by atoms with Gasteiger partial charge in [0.1, 0.15) is 4.88 Å². The summed E-state index contributed by atoms with van der Waals surface area (Å²) in [5, 5.41) is 2.45. The molecule has 5 heteroatoms. The average molecular weight is 181 g/mol. The molecule has 1 amide bonds. The Labute approximate surface area is 73.9 Å². The van der Waals surface area contributed by atoms with E-state index < -0.39 is 0 Å². The van der Waals surface area contributed by atoms with Gasteiger partial charge in [0.05, 0.1) is 5.56 Å². The molecule has 0 unspecified atom stereocenters. The number of aromatic nitrogens is 1. The van der Waals surface area contributed by atoms with Crippen LogP contribution in [0.4, 0.5) is 5.82 Å². The maximum absolute atomic E-state index is 11.1. The summed E-state index contributed by atoms with van der Waals surface area (Å²) in [5.74, 6) is 2.31. The summed E-state index contributed by atoms with van der Waals surface area (Å²) >= 11 is 1.00. The molecule has 0 atom stereocenters. The minimum Gasteiger partial charge on any atom is -0.382 e. The Bertz CT molecular complexity index is 350. The molecule has 4 nitrogen and oxygen atoms in total. The average Bonchev–Trinajstić information content (AvgIpc) is 2.45. The first-order valence-corrected chi connectivity index (χ1v) is 3.92. The minimum atomic E-state index is -0.253. The van der Waals surface area contributed by atoms with E-state index in [4.69, 9.17) is 12.2 Å². The first kappa shape index (κ1) is 8.56. The number of anilines is 1. The van der Waals surface area contributed by atoms with E-state index in [-0.39, 0.29) is 11.7 Å². The predicted molar refractivity (Wildman–Crippen MR) is 47.9 cm³/mol. The van der Waals surface area contributed by atoms with Crippen LogP contribution in [0.3, 0.4) is 0 Å². The van der Waals surface area contributed by atoms with Crippen molar-refractivity contribution in [1.29, 1.82) is 0 Å². The molecule has 1 heterocycles. The maximum atomic E-state index is 11.1. The molecule has 1 rings (SSSR count). The van der Waals surface area contributed by atoms with Crippen molar-refractivity contribution < 1.29 is 4.79 Å². The van der Waals surface area contributed by atoms with Crippen LogP contribution >= 0.6 is 11.5 Å². The molecular weight excluding hydrogens is 174 g/mol. The molecule has 0 aliphatic heterocycles. The van der Waals surface area contributed by atoms with Crippen molar-refractivity contribution >= 4 is 23.3 Å². The van der Waals surface area contributed by atoms with Crippen LogP contribution in [0.5, 0.6) is 0 Å². The number of nitrogens with two attached hydrogens (primary N) is 1. The molecule has 0 bridgehead atoms. The van der Waals surface area contributed by atoms with Gasteiger partial charge < -0.3 is 11.1 Å². The van der Waals surface area contributed by atoms with Crippen molar-refractivity contribution in [3.63, 3.8) is 0 Å². The molecule has 0 aromatic carbocycles. The zero-order valence-electron chi connectivity index (χ0n) is 6.42. The molecule has 0 spiro atoms. The molecule has 62 valence electrons. The number of nitrogen functional groups attached to an aromatic ring is 1. The van der Waals surface area contributed by atoms with Crippen LogP contribution in [0.1, 0.15) is 15.2 Å². The SMILES string of the molecule is C#Cc1c(N)nsc1C(=O)NC. The lowest BCUT2D eigenvalue weighted by Gasteiger charge is -1.94.